The monoisotopic (exact) mass is 576 g/mol. The van der Waals surface area contributed by atoms with Gasteiger partial charge >= 0.3 is 0 Å². The van der Waals surface area contributed by atoms with Gasteiger partial charge in [0.1, 0.15) is 19.3 Å². The van der Waals surface area contributed by atoms with E-state index in [0.29, 0.717) is 24.7 Å². The topological polar surface area (TPSA) is 146 Å². The Morgan fingerprint density at radius 3 is 2.30 bits per heavy atom. The standard InChI is InChI=1S/C28H40N4O7S/c1-28(2,3)26(31-25(34)17-29-4)27(35)30-21(15-19-9-7-6-8-10-19)22(33)18-32(5)40(36,37)20-11-12-23-24(16-20)39-14-13-38-23/h6-12,16,21-22,26,29,33H,13-15,17-18H2,1-5H3,(H,30,35)(H,31,34)/t21-,22+,26+/m0/s1. The Morgan fingerprint density at radius 2 is 1.68 bits per heavy atom. The molecule has 0 saturated heterocycles. The maximum Gasteiger partial charge on any atom is 0.243 e. The Morgan fingerprint density at radius 1 is 1.02 bits per heavy atom. The lowest BCUT2D eigenvalue weighted by atomic mass is 9.85. The highest BCUT2D eigenvalue weighted by molar-refractivity contribution is 7.89. The summed E-state index contributed by atoms with van der Waals surface area (Å²) < 4.78 is 38.8. The zero-order chi connectivity index (χ0) is 29.5. The molecule has 0 fully saturated rings. The van der Waals surface area contributed by atoms with Crippen molar-refractivity contribution in [3.8, 4) is 11.5 Å². The van der Waals surface area contributed by atoms with E-state index in [1.807, 2.05) is 51.1 Å². The number of nitrogens with one attached hydrogen (secondary N) is 3. The summed E-state index contributed by atoms with van der Waals surface area (Å²) >= 11 is 0. The Balaban J connectivity index is 1.81. The summed E-state index contributed by atoms with van der Waals surface area (Å²) in [6, 6.07) is 11.9. The van der Waals surface area contributed by atoms with E-state index in [-0.39, 0.29) is 30.3 Å². The molecule has 1 aliphatic heterocycles. The molecule has 0 unspecified atom stereocenters. The summed E-state index contributed by atoms with van der Waals surface area (Å²) in [4.78, 5) is 25.8. The fraction of sp³-hybridized carbons (Fsp3) is 0.500. The molecule has 2 amide bonds. The molecule has 40 heavy (non-hydrogen) atoms. The molecular weight excluding hydrogens is 536 g/mol. The second kappa shape index (κ2) is 13.4. The number of nitrogens with zero attached hydrogens (tertiary/aromatic N) is 1. The zero-order valence-electron chi connectivity index (χ0n) is 23.6. The molecule has 3 rings (SSSR count). The van der Waals surface area contributed by atoms with Crippen molar-refractivity contribution in [2.75, 3.05) is 40.4 Å². The summed E-state index contributed by atoms with van der Waals surface area (Å²) in [5.41, 5.74) is 0.212. The SMILES string of the molecule is CNCC(=O)N[C@H](C(=O)N[C@@H](Cc1ccccc1)[C@H](O)CN(C)S(=O)(=O)c1ccc2c(c1)OCCO2)C(C)(C)C. The molecular formula is C28H40N4O7S. The van der Waals surface area contributed by atoms with E-state index in [2.05, 4.69) is 16.0 Å². The van der Waals surface area contributed by atoms with Crippen LogP contribution < -0.4 is 25.4 Å². The molecule has 0 aliphatic carbocycles. The second-order valence-electron chi connectivity index (χ2n) is 10.9. The first-order chi connectivity index (χ1) is 18.8. The van der Waals surface area contributed by atoms with Gasteiger partial charge in [-0.15, -0.1) is 0 Å². The molecule has 220 valence electrons. The van der Waals surface area contributed by atoms with Crippen molar-refractivity contribution in [1.29, 1.82) is 0 Å². The third-order valence-corrected chi connectivity index (χ3v) is 8.35. The van der Waals surface area contributed by atoms with Gasteiger partial charge in [-0.25, -0.2) is 8.42 Å². The lowest BCUT2D eigenvalue weighted by Gasteiger charge is -2.34. The van der Waals surface area contributed by atoms with Gasteiger partial charge in [0.2, 0.25) is 21.8 Å². The van der Waals surface area contributed by atoms with Gasteiger partial charge in [-0.05, 0) is 36.6 Å². The number of carbonyl (C=O) groups excluding carboxylic acids is 2. The van der Waals surface area contributed by atoms with Crippen molar-refractivity contribution in [3.05, 3.63) is 54.1 Å². The van der Waals surface area contributed by atoms with Crippen LogP contribution in [0.2, 0.25) is 0 Å². The van der Waals surface area contributed by atoms with Gasteiger partial charge in [0.05, 0.1) is 23.6 Å². The van der Waals surface area contributed by atoms with Crippen LogP contribution in [0.15, 0.2) is 53.4 Å². The Hall–Kier alpha value is -3.19. The van der Waals surface area contributed by atoms with Gasteiger partial charge in [-0.1, -0.05) is 51.1 Å². The van der Waals surface area contributed by atoms with Gasteiger partial charge in [0.15, 0.2) is 11.5 Å². The van der Waals surface area contributed by atoms with Crippen molar-refractivity contribution >= 4 is 21.8 Å². The second-order valence-corrected chi connectivity index (χ2v) is 12.9. The predicted octanol–water partition coefficient (Wildman–Crippen LogP) is 0.917. The highest BCUT2D eigenvalue weighted by Crippen LogP contribution is 2.33. The lowest BCUT2D eigenvalue weighted by molar-refractivity contribution is -0.132. The summed E-state index contributed by atoms with van der Waals surface area (Å²) in [6.07, 6.45) is -1.03. The fourth-order valence-electron chi connectivity index (χ4n) is 4.32. The normalized spacial score (nSPS) is 15.7. The Bertz CT molecular complexity index is 1270. The average molecular weight is 577 g/mol. The number of carbonyl (C=O) groups is 2. The lowest BCUT2D eigenvalue weighted by Crippen LogP contribution is -2.59. The van der Waals surface area contributed by atoms with Gasteiger partial charge in [-0.3, -0.25) is 9.59 Å². The number of aliphatic hydroxyl groups is 1. The van der Waals surface area contributed by atoms with E-state index in [0.717, 1.165) is 9.87 Å². The van der Waals surface area contributed by atoms with Crippen LogP contribution in [0.4, 0.5) is 0 Å². The number of aliphatic hydroxyl groups excluding tert-OH is 1. The zero-order valence-corrected chi connectivity index (χ0v) is 24.5. The number of hydrogen-bond acceptors (Lipinski definition) is 8. The molecule has 1 aliphatic rings. The number of fused-ring (bicyclic) bond motifs is 1. The minimum atomic E-state index is -4.00. The molecule has 3 atom stereocenters. The van der Waals surface area contributed by atoms with Crippen molar-refractivity contribution in [1.82, 2.24) is 20.3 Å². The molecule has 0 saturated carbocycles. The number of ether oxygens (including phenoxy) is 2. The van der Waals surface area contributed by atoms with Crippen LogP contribution in [-0.2, 0) is 26.0 Å². The first kappa shape index (κ1) is 31.3. The molecule has 1 heterocycles. The molecule has 4 N–H and O–H groups in total. The van der Waals surface area contributed by atoms with Gasteiger partial charge < -0.3 is 30.5 Å². The van der Waals surface area contributed by atoms with E-state index in [4.69, 9.17) is 9.47 Å². The first-order valence-electron chi connectivity index (χ1n) is 13.1. The Labute approximate surface area is 236 Å². The molecule has 12 heteroatoms. The van der Waals surface area contributed by atoms with Crippen LogP contribution >= 0.6 is 0 Å². The van der Waals surface area contributed by atoms with E-state index < -0.39 is 39.5 Å². The molecule has 0 spiro atoms. The maximum absolute atomic E-state index is 13.5. The third-order valence-electron chi connectivity index (χ3n) is 6.53. The molecule has 2 aromatic carbocycles. The molecule has 0 aromatic heterocycles. The average Bonchev–Trinajstić information content (AvgIpc) is 2.91. The van der Waals surface area contributed by atoms with E-state index in [1.165, 1.54) is 19.2 Å². The number of likely N-dealkylation sites (N-methyl/N-ethyl adjacent to an activating group) is 2. The third kappa shape index (κ3) is 8.17. The molecule has 0 bridgehead atoms. The molecule has 2 aromatic rings. The number of benzene rings is 2. The van der Waals surface area contributed by atoms with Crippen molar-refractivity contribution in [2.24, 2.45) is 5.41 Å². The van der Waals surface area contributed by atoms with Crippen LogP contribution in [0.1, 0.15) is 26.3 Å². The van der Waals surface area contributed by atoms with Crippen molar-refractivity contribution < 1.29 is 32.6 Å². The van der Waals surface area contributed by atoms with Gasteiger partial charge in [0.25, 0.3) is 0 Å². The maximum atomic E-state index is 13.5. The highest BCUT2D eigenvalue weighted by atomic mass is 32.2. The number of hydrogen-bond donors (Lipinski definition) is 4. The van der Waals surface area contributed by atoms with Gasteiger partial charge in [0, 0.05) is 19.7 Å². The largest absolute Gasteiger partial charge is 0.486 e. The van der Waals surface area contributed by atoms with Crippen molar-refractivity contribution in [2.45, 2.75) is 50.3 Å². The van der Waals surface area contributed by atoms with E-state index >= 15 is 0 Å². The van der Waals surface area contributed by atoms with Crippen molar-refractivity contribution in [3.63, 3.8) is 0 Å². The summed E-state index contributed by atoms with van der Waals surface area (Å²) in [7, 11) is -1.00. The minimum Gasteiger partial charge on any atom is -0.486 e. The van der Waals surface area contributed by atoms with Gasteiger partial charge in [-0.2, -0.15) is 4.31 Å². The van der Waals surface area contributed by atoms with E-state index in [9.17, 15) is 23.1 Å². The van der Waals surface area contributed by atoms with Crippen LogP contribution in [0.25, 0.3) is 0 Å². The summed E-state index contributed by atoms with van der Waals surface area (Å²) in [5, 5.41) is 19.7. The number of rotatable bonds is 12. The molecule has 11 nitrogen and oxygen atoms in total. The smallest absolute Gasteiger partial charge is 0.243 e. The van der Waals surface area contributed by atoms with E-state index in [1.54, 1.807) is 13.1 Å². The minimum absolute atomic E-state index is 0.00450. The van der Waals surface area contributed by atoms with Crippen LogP contribution in [0.3, 0.4) is 0 Å². The number of amides is 2. The van der Waals surface area contributed by atoms with Crippen LogP contribution in [0, 0.1) is 5.41 Å². The first-order valence-corrected chi connectivity index (χ1v) is 14.6. The quantitative estimate of drug-likeness (QED) is 0.292. The summed E-state index contributed by atoms with van der Waals surface area (Å²) in [6.45, 7) is 5.93. The highest BCUT2D eigenvalue weighted by Gasteiger charge is 2.36. The summed E-state index contributed by atoms with van der Waals surface area (Å²) in [5.74, 6) is -0.0185. The number of sulfonamides is 1. The molecule has 0 radical (unpaired) electrons. The van der Waals surface area contributed by atoms with Crippen LogP contribution in [0.5, 0.6) is 11.5 Å². The predicted molar refractivity (Wildman–Crippen MR) is 151 cm³/mol. The van der Waals surface area contributed by atoms with Crippen LogP contribution in [-0.4, -0.2) is 88.2 Å². The fourth-order valence-corrected chi connectivity index (χ4v) is 5.52. The Kier molecular flexibility index (Phi) is 10.5.